The highest BCUT2D eigenvalue weighted by molar-refractivity contribution is 7.89. The fourth-order valence-corrected chi connectivity index (χ4v) is 4.13. The van der Waals surface area contributed by atoms with Crippen molar-refractivity contribution in [1.82, 2.24) is 4.31 Å². The zero-order valence-corrected chi connectivity index (χ0v) is 12.0. The number of benzene rings is 1. The molecule has 1 aliphatic rings. The molecule has 2 rings (SSSR count). The number of sulfonamides is 1. The number of halogens is 1. The second-order valence-corrected chi connectivity index (χ2v) is 6.89. The van der Waals surface area contributed by atoms with Gasteiger partial charge in [0.1, 0.15) is 4.90 Å². The van der Waals surface area contributed by atoms with E-state index in [1.54, 1.807) is 0 Å². The summed E-state index contributed by atoms with van der Waals surface area (Å²) in [5, 5.41) is 19.7. The summed E-state index contributed by atoms with van der Waals surface area (Å²) in [4.78, 5) is 9.79. The average molecular weight is 321 g/mol. The molecule has 1 unspecified atom stereocenters. The maximum absolute atomic E-state index is 12.4. The van der Waals surface area contributed by atoms with E-state index >= 15 is 0 Å². The van der Waals surface area contributed by atoms with Crippen molar-refractivity contribution in [3.05, 3.63) is 33.3 Å². The van der Waals surface area contributed by atoms with Crippen LogP contribution in [0.1, 0.15) is 6.42 Å². The van der Waals surface area contributed by atoms with E-state index in [0.29, 0.717) is 6.42 Å². The van der Waals surface area contributed by atoms with Crippen molar-refractivity contribution in [2.75, 3.05) is 19.7 Å². The van der Waals surface area contributed by atoms with Gasteiger partial charge in [-0.05, 0) is 18.4 Å². The molecule has 0 radical (unpaired) electrons. The van der Waals surface area contributed by atoms with E-state index in [-0.39, 0.29) is 41.2 Å². The monoisotopic (exact) mass is 320 g/mol. The van der Waals surface area contributed by atoms with Crippen LogP contribution in [0.2, 0.25) is 5.02 Å². The third-order valence-electron chi connectivity index (χ3n) is 3.25. The smallest absolute Gasteiger partial charge is 0.270 e. The highest BCUT2D eigenvalue weighted by Crippen LogP contribution is 2.31. The van der Waals surface area contributed by atoms with Crippen molar-refractivity contribution in [2.24, 2.45) is 5.92 Å². The van der Waals surface area contributed by atoms with Gasteiger partial charge in [0.05, 0.1) is 9.95 Å². The van der Waals surface area contributed by atoms with Crippen LogP contribution in [-0.4, -0.2) is 42.4 Å². The van der Waals surface area contributed by atoms with Crippen molar-refractivity contribution in [1.29, 1.82) is 0 Å². The van der Waals surface area contributed by atoms with Crippen LogP contribution in [0.4, 0.5) is 5.69 Å². The van der Waals surface area contributed by atoms with Gasteiger partial charge < -0.3 is 5.11 Å². The van der Waals surface area contributed by atoms with Crippen LogP contribution < -0.4 is 0 Å². The van der Waals surface area contributed by atoms with Gasteiger partial charge in [0.15, 0.2) is 0 Å². The van der Waals surface area contributed by atoms with E-state index in [2.05, 4.69) is 0 Å². The quantitative estimate of drug-likeness (QED) is 0.664. The number of nitro groups is 1. The highest BCUT2D eigenvalue weighted by atomic mass is 35.5. The third-order valence-corrected chi connectivity index (χ3v) is 5.60. The van der Waals surface area contributed by atoms with Crippen LogP contribution in [-0.2, 0) is 10.0 Å². The summed E-state index contributed by atoms with van der Waals surface area (Å²) in [6.07, 6.45) is 0.558. The Balaban J connectivity index is 2.39. The predicted octanol–water partition coefficient (Wildman–Crippen LogP) is 1.25. The maximum atomic E-state index is 12.4. The van der Waals surface area contributed by atoms with Gasteiger partial charge in [-0.2, -0.15) is 4.31 Å². The van der Waals surface area contributed by atoms with Crippen LogP contribution in [0.15, 0.2) is 23.1 Å². The van der Waals surface area contributed by atoms with Crippen molar-refractivity contribution in [3.63, 3.8) is 0 Å². The largest absolute Gasteiger partial charge is 0.396 e. The minimum atomic E-state index is -3.88. The molecular formula is C11H13ClN2O5S. The number of hydrogen-bond donors (Lipinski definition) is 1. The van der Waals surface area contributed by atoms with Gasteiger partial charge in [-0.15, -0.1) is 0 Å². The first-order chi connectivity index (χ1) is 9.36. The number of hydrogen-bond acceptors (Lipinski definition) is 5. The minimum Gasteiger partial charge on any atom is -0.396 e. The Labute approximate surface area is 121 Å². The molecule has 0 bridgehead atoms. The lowest BCUT2D eigenvalue weighted by molar-refractivity contribution is -0.385. The fourth-order valence-electron chi connectivity index (χ4n) is 2.11. The molecule has 110 valence electrons. The van der Waals surface area contributed by atoms with Crippen molar-refractivity contribution in [2.45, 2.75) is 11.3 Å². The van der Waals surface area contributed by atoms with Crippen LogP contribution in [0.25, 0.3) is 0 Å². The normalized spacial score (nSPS) is 20.2. The van der Waals surface area contributed by atoms with E-state index in [0.717, 1.165) is 12.1 Å². The Hall–Kier alpha value is -1.22. The van der Waals surface area contributed by atoms with Gasteiger partial charge in [0.2, 0.25) is 10.0 Å². The summed E-state index contributed by atoms with van der Waals surface area (Å²) in [6.45, 7) is 0.374. The average Bonchev–Trinajstić information content (AvgIpc) is 2.88. The summed E-state index contributed by atoms with van der Waals surface area (Å²) >= 11 is 5.86. The van der Waals surface area contributed by atoms with Gasteiger partial charge in [-0.3, -0.25) is 10.1 Å². The Bertz CT molecular complexity index is 634. The van der Waals surface area contributed by atoms with Gasteiger partial charge >= 0.3 is 0 Å². The Morgan fingerprint density at radius 3 is 2.75 bits per heavy atom. The van der Waals surface area contributed by atoms with Crippen LogP contribution >= 0.6 is 11.6 Å². The molecule has 1 atom stereocenters. The molecule has 1 aromatic carbocycles. The number of rotatable bonds is 4. The molecule has 1 N–H and O–H groups in total. The van der Waals surface area contributed by atoms with Crippen LogP contribution in [0.3, 0.4) is 0 Å². The summed E-state index contributed by atoms with van der Waals surface area (Å²) < 4.78 is 26.1. The molecule has 1 saturated heterocycles. The van der Waals surface area contributed by atoms with E-state index in [4.69, 9.17) is 16.7 Å². The number of aliphatic hydroxyl groups excluding tert-OH is 1. The predicted molar refractivity (Wildman–Crippen MR) is 72.1 cm³/mol. The molecule has 0 spiro atoms. The van der Waals surface area contributed by atoms with Gasteiger partial charge in [-0.1, -0.05) is 11.6 Å². The molecule has 1 aromatic rings. The SMILES string of the molecule is O=[N+]([O-])c1ccc(Cl)c(S(=O)(=O)N2CCC(CO)C2)c1. The zero-order chi connectivity index (χ0) is 14.9. The van der Waals surface area contributed by atoms with Gasteiger partial charge in [-0.25, -0.2) is 8.42 Å². The maximum Gasteiger partial charge on any atom is 0.270 e. The number of non-ortho nitro benzene ring substituents is 1. The molecule has 1 fully saturated rings. The van der Waals surface area contributed by atoms with E-state index < -0.39 is 14.9 Å². The highest BCUT2D eigenvalue weighted by Gasteiger charge is 2.34. The topological polar surface area (TPSA) is 101 Å². The summed E-state index contributed by atoms with van der Waals surface area (Å²) in [5.41, 5.74) is -0.328. The van der Waals surface area contributed by atoms with Crippen LogP contribution in [0, 0.1) is 16.0 Å². The standard InChI is InChI=1S/C11H13ClN2O5S/c12-10-2-1-9(14(16)17)5-11(10)20(18,19)13-4-3-8(6-13)7-15/h1-2,5,8,15H,3-4,6-7H2. The summed E-state index contributed by atoms with van der Waals surface area (Å²) in [6, 6.07) is 3.32. The Kier molecular flexibility index (Phi) is 4.28. The van der Waals surface area contributed by atoms with E-state index in [1.165, 1.54) is 10.4 Å². The van der Waals surface area contributed by atoms with Gasteiger partial charge in [0.25, 0.3) is 5.69 Å². The second kappa shape index (κ2) is 5.65. The van der Waals surface area contributed by atoms with Gasteiger partial charge in [0, 0.05) is 31.8 Å². The van der Waals surface area contributed by atoms with Crippen molar-refractivity contribution < 1.29 is 18.4 Å². The summed E-state index contributed by atoms with van der Waals surface area (Å²) in [5.74, 6) is -0.109. The minimum absolute atomic E-state index is 0.0527. The molecular weight excluding hydrogens is 308 g/mol. The molecule has 1 aliphatic heterocycles. The lowest BCUT2D eigenvalue weighted by atomic mass is 10.1. The van der Waals surface area contributed by atoms with Crippen molar-refractivity contribution in [3.8, 4) is 0 Å². The zero-order valence-electron chi connectivity index (χ0n) is 10.4. The molecule has 20 heavy (non-hydrogen) atoms. The second-order valence-electron chi connectivity index (χ2n) is 4.57. The number of nitro benzene ring substituents is 1. The third kappa shape index (κ3) is 2.78. The number of nitrogens with zero attached hydrogens (tertiary/aromatic N) is 2. The number of aliphatic hydroxyl groups is 1. The lowest BCUT2D eigenvalue weighted by Gasteiger charge is -2.17. The molecule has 9 heteroatoms. The first kappa shape index (κ1) is 15.2. The molecule has 0 aromatic heterocycles. The molecule has 1 heterocycles. The van der Waals surface area contributed by atoms with E-state index in [1.807, 2.05) is 0 Å². The molecule has 0 saturated carbocycles. The molecule has 0 aliphatic carbocycles. The summed E-state index contributed by atoms with van der Waals surface area (Å²) in [7, 11) is -3.88. The van der Waals surface area contributed by atoms with Crippen molar-refractivity contribution >= 4 is 27.3 Å². The Morgan fingerprint density at radius 2 is 2.20 bits per heavy atom. The fraction of sp³-hybridized carbons (Fsp3) is 0.455. The Morgan fingerprint density at radius 1 is 1.50 bits per heavy atom. The van der Waals surface area contributed by atoms with Crippen LogP contribution in [0.5, 0.6) is 0 Å². The van der Waals surface area contributed by atoms with E-state index in [9.17, 15) is 18.5 Å². The lowest BCUT2D eigenvalue weighted by Crippen LogP contribution is -2.29. The first-order valence-electron chi connectivity index (χ1n) is 5.91. The molecule has 7 nitrogen and oxygen atoms in total. The first-order valence-corrected chi connectivity index (χ1v) is 7.73. The molecule has 0 amide bonds.